The summed E-state index contributed by atoms with van der Waals surface area (Å²) in [4.78, 5) is 0. The molecule has 8 aliphatic carbocycles. The third-order valence-corrected chi connectivity index (χ3v) is 14.2. The van der Waals surface area contributed by atoms with Crippen molar-refractivity contribution in [2.24, 2.45) is 32.5 Å². The van der Waals surface area contributed by atoms with Gasteiger partial charge in [0.1, 0.15) is 0 Å². The second kappa shape index (κ2) is 8.28. The first-order valence-electron chi connectivity index (χ1n) is 16.9. The Hall–Kier alpha value is -3.32. The lowest BCUT2D eigenvalue weighted by molar-refractivity contribution is -0.275. The summed E-state index contributed by atoms with van der Waals surface area (Å²) >= 11 is 0. The SMILES string of the molecule is C#Cc1ccc(C23CC4(C)CC(C)(C2)CC(C25CC6(C)CC(C)(CC(c7ccc(C#C)c(C#C)c7)(C6)C2)C5)(C4)C3)cc1C#C. The third kappa shape index (κ3) is 3.59. The van der Waals surface area contributed by atoms with E-state index in [0.717, 1.165) is 22.3 Å². The molecule has 0 heterocycles. The molecule has 0 heteroatoms. The highest BCUT2D eigenvalue weighted by Gasteiger charge is 2.76. The molecule has 0 saturated heterocycles. The van der Waals surface area contributed by atoms with Gasteiger partial charge in [-0.2, -0.15) is 0 Å². The highest BCUT2D eigenvalue weighted by molar-refractivity contribution is 5.54. The molecule has 0 spiro atoms. The van der Waals surface area contributed by atoms with Crippen LogP contribution in [-0.2, 0) is 10.8 Å². The molecule has 0 amide bonds. The van der Waals surface area contributed by atoms with Crippen molar-refractivity contribution in [1.29, 1.82) is 0 Å². The number of hydrogen-bond donors (Lipinski definition) is 0. The molecular formula is C44H46. The van der Waals surface area contributed by atoms with Gasteiger partial charge < -0.3 is 0 Å². The zero-order chi connectivity index (χ0) is 31.0. The van der Waals surface area contributed by atoms with E-state index in [2.05, 4.69) is 87.8 Å². The minimum Gasteiger partial charge on any atom is -0.115 e. The van der Waals surface area contributed by atoms with Crippen LogP contribution < -0.4 is 0 Å². The molecule has 4 atom stereocenters. The summed E-state index contributed by atoms with van der Waals surface area (Å²) in [6.45, 7) is 10.6. The van der Waals surface area contributed by atoms with Crippen LogP contribution in [0.1, 0.15) is 138 Å². The fourth-order valence-corrected chi connectivity index (χ4v) is 15.4. The minimum atomic E-state index is 0.153. The van der Waals surface area contributed by atoms with Crippen molar-refractivity contribution in [3.05, 3.63) is 69.8 Å². The Balaban J connectivity index is 1.31. The minimum absolute atomic E-state index is 0.153. The first kappa shape index (κ1) is 28.2. The van der Waals surface area contributed by atoms with Gasteiger partial charge >= 0.3 is 0 Å². The highest BCUT2D eigenvalue weighted by atomic mass is 14.8. The molecule has 0 aromatic heterocycles. The molecule has 0 aliphatic heterocycles. The van der Waals surface area contributed by atoms with Gasteiger partial charge in [-0.25, -0.2) is 0 Å². The molecule has 10 rings (SSSR count). The van der Waals surface area contributed by atoms with Gasteiger partial charge in [0.2, 0.25) is 0 Å². The summed E-state index contributed by atoms with van der Waals surface area (Å²) in [6, 6.07) is 13.6. The monoisotopic (exact) mass is 574 g/mol. The Kier molecular flexibility index (Phi) is 5.30. The lowest BCUT2D eigenvalue weighted by atomic mass is 9.24. The number of benzene rings is 2. The van der Waals surface area contributed by atoms with Crippen LogP contribution in [0.5, 0.6) is 0 Å². The van der Waals surface area contributed by atoms with E-state index < -0.39 is 0 Å². The van der Waals surface area contributed by atoms with Crippen LogP contribution in [0.3, 0.4) is 0 Å². The summed E-state index contributed by atoms with van der Waals surface area (Å²) < 4.78 is 0. The van der Waals surface area contributed by atoms with Crippen molar-refractivity contribution in [2.45, 2.75) is 116 Å². The van der Waals surface area contributed by atoms with Crippen LogP contribution in [0, 0.1) is 81.9 Å². The van der Waals surface area contributed by atoms with Crippen molar-refractivity contribution in [2.75, 3.05) is 0 Å². The van der Waals surface area contributed by atoms with Crippen LogP contribution in [0.25, 0.3) is 0 Å². The van der Waals surface area contributed by atoms with E-state index in [1.807, 2.05) is 0 Å². The Morgan fingerprint density at radius 3 is 1.02 bits per heavy atom. The van der Waals surface area contributed by atoms with Crippen molar-refractivity contribution in [1.82, 2.24) is 0 Å². The van der Waals surface area contributed by atoms with Gasteiger partial charge in [-0.3, -0.25) is 0 Å². The maximum atomic E-state index is 6.04. The number of hydrogen-bond acceptors (Lipinski definition) is 0. The molecule has 0 N–H and O–H groups in total. The molecule has 0 radical (unpaired) electrons. The molecule has 2 aromatic carbocycles. The van der Waals surface area contributed by atoms with Crippen LogP contribution in [-0.4, -0.2) is 0 Å². The van der Waals surface area contributed by atoms with E-state index in [1.165, 1.54) is 88.2 Å². The largest absolute Gasteiger partial charge is 0.115 e. The van der Waals surface area contributed by atoms with Crippen molar-refractivity contribution < 1.29 is 0 Å². The standard InChI is InChI=1S/C44H46/c1-9-31-13-15-35(17-33(31)11-3)41-21-37(5)19-38(6,22-41)26-43(25-37,29-41)44-27-39(7)20-40(8,28-44)24-42(23-39,30-44)36-16-14-32(10-2)34(12-4)18-36/h1-4,13-18H,19-30H2,5-8H3. The van der Waals surface area contributed by atoms with Gasteiger partial charge in [0.05, 0.1) is 0 Å². The molecule has 222 valence electrons. The molecule has 8 fully saturated rings. The summed E-state index contributed by atoms with van der Waals surface area (Å²) in [5, 5.41) is 0. The summed E-state index contributed by atoms with van der Waals surface area (Å²) in [7, 11) is 0. The molecule has 0 nitrogen and oxygen atoms in total. The number of rotatable bonds is 3. The highest BCUT2D eigenvalue weighted by Crippen LogP contribution is 2.85. The fraction of sp³-hybridized carbons (Fsp3) is 0.545. The van der Waals surface area contributed by atoms with Crippen molar-refractivity contribution in [3.8, 4) is 49.4 Å². The van der Waals surface area contributed by atoms with E-state index in [4.69, 9.17) is 25.7 Å². The zero-order valence-electron chi connectivity index (χ0n) is 27.3. The van der Waals surface area contributed by atoms with Crippen LogP contribution in [0.15, 0.2) is 36.4 Å². The molecule has 2 aromatic rings. The normalized spacial score (nSPS) is 45.7. The van der Waals surface area contributed by atoms with Gasteiger partial charge in [0, 0.05) is 22.3 Å². The van der Waals surface area contributed by atoms with Gasteiger partial charge in [-0.15, -0.1) is 25.7 Å². The Morgan fingerprint density at radius 1 is 0.409 bits per heavy atom. The van der Waals surface area contributed by atoms with Crippen LogP contribution >= 0.6 is 0 Å². The second-order valence-corrected chi connectivity index (χ2v) is 18.6. The molecule has 4 unspecified atom stereocenters. The van der Waals surface area contributed by atoms with E-state index in [0.29, 0.717) is 32.5 Å². The predicted octanol–water partition coefficient (Wildman–Crippen LogP) is 9.55. The molecule has 8 aliphatic rings. The lowest BCUT2D eigenvalue weighted by Gasteiger charge is -2.80. The van der Waals surface area contributed by atoms with Gasteiger partial charge in [-0.1, -0.05) is 63.5 Å². The van der Waals surface area contributed by atoms with Crippen LogP contribution in [0.4, 0.5) is 0 Å². The molecule has 8 saturated carbocycles. The molecule has 8 bridgehead atoms. The second-order valence-electron chi connectivity index (χ2n) is 18.6. The van der Waals surface area contributed by atoms with Crippen molar-refractivity contribution in [3.63, 3.8) is 0 Å². The summed E-state index contributed by atoms with van der Waals surface area (Å²) in [6.07, 6.45) is 39.7. The Morgan fingerprint density at radius 2 is 0.727 bits per heavy atom. The fourth-order valence-electron chi connectivity index (χ4n) is 15.4. The summed E-state index contributed by atoms with van der Waals surface area (Å²) in [5.41, 5.74) is 8.67. The zero-order valence-corrected chi connectivity index (χ0v) is 27.3. The van der Waals surface area contributed by atoms with E-state index in [9.17, 15) is 0 Å². The quantitative estimate of drug-likeness (QED) is 0.320. The van der Waals surface area contributed by atoms with E-state index >= 15 is 0 Å². The topological polar surface area (TPSA) is 0 Å². The first-order valence-corrected chi connectivity index (χ1v) is 16.9. The average molecular weight is 575 g/mol. The first-order chi connectivity index (χ1) is 20.7. The van der Waals surface area contributed by atoms with E-state index in [-0.39, 0.29) is 10.8 Å². The third-order valence-electron chi connectivity index (χ3n) is 14.2. The Labute approximate surface area is 266 Å². The van der Waals surface area contributed by atoms with E-state index in [1.54, 1.807) is 0 Å². The molecule has 44 heavy (non-hydrogen) atoms. The van der Waals surface area contributed by atoms with Crippen LogP contribution in [0.2, 0.25) is 0 Å². The maximum absolute atomic E-state index is 6.04. The lowest BCUT2D eigenvalue weighted by Crippen LogP contribution is -2.71. The smallest absolute Gasteiger partial charge is 0.0402 e. The maximum Gasteiger partial charge on any atom is 0.0402 e. The van der Waals surface area contributed by atoms with Crippen molar-refractivity contribution >= 4 is 0 Å². The average Bonchev–Trinajstić information content (AvgIpc) is 2.92. The number of terminal acetylenes is 4. The summed E-state index contributed by atoms with van der Waals surface area (Å²) in [5.74, 6) is 11.5. The van der Waals surface area contributed by atoms with Gasteiger partial charge in [-0.05, 0) is 156 Å². The van der Waals surface area contributed by atoms with Gasteiger partial charge in [0.25, 0.3) is 0 Å². The Bertz CT molecular complexity index is 1630. The molecular weight excluding hydrogens is 528 g/mol. The predicted molar refractivity (Wildman–Crippen MR) is 181 cm³/mol. The van der Waals surface area contributed by atoms with Gasteiger partial charge in [0.15, 0.2) is 0 Å².